The van der Waals surface area contributed by atoms with E-state index in [0.29, 0.717) is 49.1 Å². The van der Waals surface area contributed by atoms with E-state index in [4.69, 9.17) is 19.9 Å². The zero-order valence-corrected chi connectivity index (χ0v) is 24.4. The van der Waals surface area contributed by atoms with E-state index in [9.17, 15) is 8.78 Å². The fourth-order valence-electron chi connectivity index (χ4n) is 5.19. The topological polar surface area (TPSA) is 69.8 Å². The Morgan fingerprint density at radius 1 is 1.03 bits per heavy atom. The second-order valence-corrected chi connectivity index (χ2v) is 11.9. The molecule has 2 N–H and O–H groups in total. The van der Waals surface area contributed by atoms with E-state index >= 15 is 0 Å². The lowest BCUT2D eigenvalue weighted by molar-refractivity contribution is -0.0265. The van der Waals surface area contributed by atoms with Gasteiger partial charge < -0.3 is 24.8 Å². The molecule has 2 aliphatic carbocycles. The smallest absolute Gasteiger partial charge is 0.282 e. The number of hydrogen-bond donors (Lipinski definition) is 1. The van der Waals surface area contributed by atoms with E-state index in [1.807, 2.05) is 0 Å². The molecule has 1 saturated heterocycles. The molecule has 2 heterocycles. The normalized spacial score (nSPS) is 19.6. The molecular formula is C31H53F2N3O3. The van der Waals surface area contributed by atoms with Crippen LogP contribution in [-0.2, 0) is 9.47 Å². The first-order valence-electron chi connectivity index (χ1n) is 15.4. The van der Waals surface area contributed by atoms with Crippen LogP contribution in [-0.4, -0.2) is 64.1 Å². The molecule has 1 unspecified atom stereocenters. The average Bonchev–Trinajstić information content (AvgIpc) is 3.84. The van der Waals surface area contributed by atoms with Crippen molar-refractivity contribution in [3.05, 3.63) is 18.3 Å². The first-order chi connectivity index (χ1) is 19.0. The van der Waals surface area contributed by atoms with Gasteiger partial charge in [0, 0.05) is 19.9 Å². The molecule has 0 aromatic carbocycles. The van der Waals surface area contributed by atoms with Gasteiger partial charge in [-0.25, -0.2) is 13.8 Å². The summed E-state index contributed by atoms with van der Waals surface area (Å²) in [5.41, 5.74) is 6.76. The van der Waals surface area contributed by atoms with Gasteiger partial charge in [0.1, 0.15) is 5.69 Å². The number of hydrogen-bond acceptors (Lipinski definition) is 6. The Morgan fingerprint density at radius 3 is 2.38 bits per heavy atom. The van der Waals surface area contributed by atoms with Gasteiger partial charge in [0.05, 0.1) is 32.9 Å². The number of alkyl halides is 2. The third-order valence-corrected chi connectivity index (χ3v) is 8.08. The Hall–Kier alpha value is -1.51. The SMILES string of the molecule is CCCCCCCCC(CN)[C@@H](COCCOC)CC1CC1.FC1(F)CN(c2cccnc2OCC2CC2)C1. The molecule has 0 amide bonds. The van der Waals surface area contributed by atoms with Gasteiger partial charge in [-0.2, -0.15) is 0 Å². The molecule has 1 aliphatic heterocycles. The number of unbranched alkanes of at least 4 members (excludes halogenated alkanes) is 5. The van der Waals surface area contributed by atoms with E-state index in [1.165, 1.54) is 77.0 Å². The number of pyridine rings is 1. The fourth-order valence-corrected chi connectivity index (χ4v) is 5.19. The third kappa shape index (κ3) is 12.7. The minimum atomic E-state index is -2.57. The molecule has 6 nitrogen and oxygen atoms in total. The summed E-state index contributed by atoms with van der Waals surface area (Å²) in [6, 6.07) is 3.53. The number of rotatable bonds is 20. The highest BCUT2D eigenvalue weighted by Gasteiger charge is 2.45. The predicted octanol–water partition coefficient (Wildman–Crippen LogP) is 6.72. The Kier molecular flexibility index (Phi) is 14.2. The van der Waals surface area contributed by atoms with Crippen molar-refractivity contribution in [1.82, 2.24) is 4.98 Å². The van der Waals surface area contributed by atoms with Gasteiger partial charge in [0.2, 0.25) is 5.88 Å². The number of halogens is 2. The minimum Gasteiger partial charge on any atom is -0.476 e. The highest BCUT2D eigenvalue weighted by atomic mass is 19.3. The van der Waals surface area contributed by atoms with Gasteiger partial charge >= 0.3 is 0 Å². The third-order valence-electron chi connectivity index (χ3n) is 8.08. The minimum absolute atomic E-state index is 0.238. The quantitative estimate of drug-likeness (QED) is 0.181. The van der Waals surface area contributed by atoms with Crippen molar-refractivity contribution in [2.24, 2.45) is 29.4 Å². The summed E-state index contributed by atoms with van der Waals surface area (Å²) in [5, 5.41) is 0. The largest absolute Gasteiger partial charge is 0.476 e. The van der Waals surface area contributed by atoms with E-state index in [0.717, 1.165) is 19.1 Å². The Bertz CT molecular complexity index is 784. The van der Waals surface area contributed by atoms with Crippen molar-refractivity contribution >= 4 is 5.69 Å². The second-order valence-electron chi connectivity index (χ2n) is 11.9. The maximum atomic E-state index is 12.8. The van der Waals surface area contributed by atoms with E-state index in [1.54, 1.807) is 30.3 Å². The monoisotopic (exact) mass is 553 g/mol. The van der Waals surface area contributed by atoms with Crippen molar-refractivity contribution < 1.29 is 23.0 Å². The number of ether oxygens (including phenoxy) is 3. The van der Waals surface area contributed by atoms with E-state index < -0.39 is 5.92 Å². The average molecular weight is 554 g/mol. The van der Waals surface area contributed by atoms with Crippen LogP contribution in [0.5, 0.6) is 5.88 Å². The number of aromatic nitrogens is 1. The summed E-state index contributed by atoms with van der Waals surface area (Å²) in [5.74, 6) is 0.801. The summed E-state index contributed by atoms with van der Waals surface area (Å²) >= 11 is 0. The summed E-state index contributed by atoms with van der Waals surface area (Å²) in [6.45, 7) is 5.55. The van der Waals surface area contributed by atoms with Crippen LogP contribution in [0.3, 0.4) is 0 Å². The van der Waals surface area contributed by atoms with Crippen LogP contribution in [0.25, 0.3) is 0 Å². The highest BCUT2D eigenvalue weighted by molar-refractivity contribution is 5.57. The Morgan fingerprint density at radius 2 is 1.74 bits per heavy atom. The van der Waals surface area contributed by atoms with Gasteiger partial charge in [-0.1, -0.05) is 58.3 Å². The second kappa shape index (κ2) is 17.3. The number of nitrogens with zero attached hydrogens (tertiary/aromatic N) is 2. The maximum Gasteiger partial charge on any atom is 0.282 e. The first kappa shape index (κ1) is 32.0. The lowest BCUT2D eigenvalue weighted by atomic mass is 9.84. The number of anilines is 1. The van der Waals surface area contributed by atoms with Crippen LogP contribution in [0.2, 0.25) is 0 Å². The molecule has 4 rings (SSSR count). The van der Waals surface area contributed by atoms with Crippen molar-refractivity contribution in [3.8, 4) is 5.88 Å². The van der Waals surface area contributed by atoms with E-state index in [-0.39, 0.29) is 13.1 Å². The van der Waals surface area contributed by atoms with Crippen LogP contribution in [0.15, 0.2) is 18.3 Å². The molecule has 3 fully saturated rings. The highest BCUT2D eigenvalue weighted by Crippen LogP contribution is 2.39. The fraction of sp³-hybridized carbons (Fsp3) is 0.839. The molecule has 39 heavy (non-hydrogen) atoms. The summed E-state index contributed by atoms with van der Waals surface area (Å²) in [6.07, 6.45) is 17.7. The molecule has 8 heteroatoms. The van der Waals surface area contributed by atoms with Gasteiger partial charge in [-0.3, -0.25) is 0 Å². The van der Waals surface area contributed by atoms with Crippen LogP contribution < -0.4 is 15.4 Å². The van der Waals surface area contributed by atoms with Crippen molar-refractivity contribution in [3.63, 3.8) is 0 Å². The van der Waals surface area contributed by atoms with Crippen LogP contribution in [0.1, 0.15) is 84.0 Å². The summed E-state index contributed by atoms with van der Waals surface area (Å²) in [7, 11) is 1.73. The van der Waals surface area contributed by atoms with Gasteiger partial charge in [-0.15, -0.1) is 0 Å². The molecule has 224 valence electrons. The summed E-state index contributed by atoms with van der Waals surface area (Å²) in [4.78, 5) is 5.73. The van der Waals surface area contributed by atoms with Crippen molar-refractivity contribution in [2.45, 2.75) is 89.9 Å². The van der Waals surface area contributed by atoms with Gasteiger partial charge in [0.25, 0.3) is 5.92 Å². The predicted molar refractivity (Wildman–Crippen MR) is 154 cm³/mol. The molecule has 0 bridgehead atoms. The van der Waals surface area contributed by atoms with Crippen LogP contribution in [0.4, 0.5) is 14.5 Å². The lowest BCUT2D eigenvalue weighted by Crippen LogP contribution is -2.56. The Labute approximate surface area is 235 Å². The van der Waals surface area contributed by atoms with Crippen LogP contribution >= 0.6 is 0 Å². The zero-order chi connectivity index (χ0) is 27.9. The van der Waals surface area contributed by atoms with Crippen molar-refractivity contribution in [1.29, 1.82) is 0 Å². The van der Waals surface area contributed by atoms with Crippen molar-refractivity contribution in [2.75, 3.05) is 58.1 Å². The van der Waals surface area contributed by atoms with E-state index in [2.05, 4.69) is 11.9 Å². The maximum absolute atomic E-state index is 12.8. The number of nitrogens with two attached hydrogens (primary N) is 1. The molecule has 2 saturated carbocycles. The standard InChI is InChI=1S/C19H39NO2.C12H14F2N2O/c1-3-4-5-6-7-8-9-18(15-20)19(14-17-10-11-17)16-22-13-12-21-2;13-12(14)7-16(8-12)10-2-1-5-15-11(10)17-6-9-3-4-9/h17-19H,3-16,20H2,1-2H3;1-2,5,9H,3-4,6-8H2/t18?,19-;/m1./s1. The number of methoxy groups -OCH3 is 1. The van der Waals surface area contributed by atoms with Gasteiger partial charge in [0.15, 0.2) is 0 Å². The molecule has 0 radical (unpaired) electrons. The van der Waals surface area contributed by atoms with Gasteiger partial charge in [-0.05, 0) is 68.0 Å². The Balaban J connectivity index is 0.000000221. The summed E-state index contributed by atoms with van der Waals surface area (Å²) < 4.78 is 42.1. The molecule has 3 aliphatic rings. The molecular weight excluding hydrogens is 500 g/mol. The van der Waals surface area contributed by atoms with Crippen LogP contribution in [0, 0.1) is 23.7 Å². The first-order valence-corrected chi connectivity index (χ1v) is 15.4. The molecule has 1 aromatic heterocycles. The molecule has 1 aromatic rings. The zero-order valence-electron chi connectivity index (χ0n) is 24.4. The molecule has 2 atom stereocenters. The molecule has 0 spiro atoms. The lowest BCUT2D eigenvalue weighted by Gasteiger charge is -2.40.